The molecule has 3 N–H and O–H groups in total. The molecule has 0 fully saturated rings. The summed E-state index contributed by atoms with van der Waals surface area (Å²) in [6, 6.07) is 4.47. The Kier molecular flexibility index (Phi) is 4.01. The summed E-state index contributed by atoms with van der Waals surface area (Å²) >= 11 is 5.93. The van der Waals surface area contributed by atoms with Crippen molar-refractivity contribution in [3.8, 4) is 5.75 Å². The number of ether oxygens (including phenoxy) is 1. The third kappa shape index (κ3) is 3.03. The quantitative estimate of drug-likeness (QED) is 0.902. The largest absolute Gasteiger partial charge is 0.491 e. The van der Waals surface area contributed by atoms with Crippen molar-refractivity contribution < 1.29 is 9.13 Å². The highest BCUT2D eigenvalue weighted by Gasteiger charge is 2.09. The summed E-state index contributed by atoms with van der Waals surface area (Å²) < 4.78 is 18.8. The second-order valence-corrected chi connectivity index (χ2v) is 4.00. The monoisotopic (exact) mass is 282 g/mol. The van der Waals surface area contributed by atoms with Crippen LogP contribution in [0.1, 0.15) is 6.92 Å². The maximum Gasteiger partial charge on any atom is 0.167 e. The van der Waals surface area contributed by atoms with Crippen LogP contribution in [0.25, 0.3) is 0 Å². The van der Waals surface area contributed by atoms with E-state index < -0.39 is 5.82 Å². The van der Waals surface area contributed by atoms with Crippen molar-refractivity contribution >= 4 is 28.9 Å². The molecule has 0 aliphatic rings. The molecule has 2 aromatic rings. The lowest BCUT2D eigenvalue weighted by Crippen LogP contribution is -2.00. The van der Waals surface area contributed by atoms with Crippen molar-refractivity contribution in [2.45, 2.75) is 6.92 Å². The molecule has 0 atom stereocenters. The number of nitrogens with one attached hydrogen (secondary N) is 1. The van der Waals surface area contributed by atoms with Gasteiger partial charge in [-0.3, -0.25) is 0 Å². The Balaban J connectivity index is 2.24. The average molecular weight is 283 g/mol. The Bertz CT molecular complexity index is 594. The van der Waals surface area contributed by atoms with Crippen molar-refractivity contribution in [2.75, 3.05) is 17.7 Å². The van der Waals surface area contributed by atoms with Crippen LogP contribution in [0.5, 0.6) is 5.75 Å². The lowest BCUT2D eigenvalue weighted by atomic mass is 10.3. The fraction of sp³-hybridized carbons (Fsp3) is 0.167. The van der Waals surface area contributed by atoms with Gasteiger partial charge >= 0.3 is 0 Å². The number of hydrogen-bond acceptors (Lipinski definition) is 5. The number of hydrogen-bond donors (Lipinski definition) is 2. The van der Waals surface area contributed by atoms with Crippen molar-refractivity contribution in [1.29, 1.82) is 0 Å². The molecular weight excluding hydrogens is 271 g/mol. The minimum Gasteiger partial charge on any atom is -0.491 e. The third-order valence-electron chi connectivity index (χ3n) is 2.31. The smallest absolute Gasteiger partial charge is 0.167 e. The van der Waals surface area contributed by atoms with Crippen molar-refractivity contribution in [2.24, 2.45) is 0 Å². The average Bonchev–Trinajstić information content (AvgIpc) is 2.38. The van der Waals surface area contributed by atoms with Gasteiger partial charge in [-0.15, -0.1) is 0 Å². The first-order valence-electron chi connectivity index (χ1n) is 5.57. The van der Waals surface area contributed by atoms with E-state index in [1.54, 1.807) is 13.0 Å². The van der Waals surface area contributed by atoms with E-state index in [1.807, 2.05) is 0 Å². The summed E-state index contributed by atoms with van der Waals surface area (Å²) in [4.78, 5) is 7.67. The van der Waals surface area contributed by atoms with Gasteiger partial charge in [0, 0.05) is 11.8 Å². The van der Waals surface area contributed by atoms with Gasteiger partial charge in [0.25, 0.3) is 0 Å². The molecule has 19 heavy (non-hydrogen) atoms. The zero-order chi connectivity index (χ0) is 13.8. The lowest BCUT2D eigenvalue weighted by molar-refractivity contribution is 0.321. The van der Waals surface area contributed by atoms with Crippen molar-refractivity contribution in [3.63, 3.8) is 0 Å². The number of halogens is 2. The molecule has 0 radical (unpaired) electrons. The van der Waals surface area contributed by atoms with Crippen LogP contribution in [0.2, 0.25) is 5.02 Å². The number of anilines is 3. The first kappa shape index (κ1) is 13.4. The third-order valence-corrected chi connectivity index (χ3v) is 2.68. The Morgan fingerprint density at radius 3 is 2.89 bits per heavy atom. The minimum absolute atomic E-state index is 0.158. The Morgan fingerprint density at radius 2 is 2.21 bits per heavy atom. The molecule has 0 aliphatic heterocycles. The Labute approximate surface area is 114 Å². The van der Waals surface area contributed by atoms with E-state index in [4.69, 9.17) is 22.1 Å². The summed E-state index contributed by atoms with van der Waals surface area (Å²) in [6.07, 6.45) is 1.27. The van der Waals surface area contributed by atoms with E-state index in [1.165, 1.54) is 18.5 Å². The fourth-order valence-electron chi connectivity index (χ4n) is 1.46. The molecule has 0 saturated carbocycles. The van der Waals surface area contributed by atoms with Crippen LogP contribution in [-0.4, -0.2) is 16.6 Å². The number of aromatic nitrogens is 2. The topological polar surface area (TPSA) is 73.1 Å². The molecule has 0 amide bonds. The second kappa shape index (κ2) is 5.71. The van der Waals surface area contributed by atoms with Crippen LogP contribution < -0.4 is 15.8 Å². The van der Waals surface area contributed by atoms with E-state index in [0.717, 1.165) is 0 Å². The minimum atomic E-state index is -0.468. The van der Waals surface area contributed by atoms with Crippen molar-refractivity contribution in [1.82, 2.24) is 9.97 Å². The van der Waals surface area contributed by atoms with E-state index in [9.17, 15) is 4.39 Å². The van der Waals surface area contributed by atoms with Gasteiger partial charge in [-0.05, 0) is 19.1 Å². The number of nitrogen functional groups attached to an aromatic ring is 1. The molecular formula is C12H12ClFN4O. The SMILES string of the molecule is CCOc1ccc(Nc2ncnc(N)c2Cl)cc1F. The number of nitrogens with zero attached hydrogens (tertiary/aromatic N) is 2. The molecule has 100 valence electrons. The standard InChI is InChI=1S/C12H12ClFN4O/c1-2-19-9-4-3-7(5-8(9)14)18-12-10(13)11(15)16-6-17-12/h3-6H,2H2,1H3,(H3,15,16,17,18). The molecule has 0 spiro atoms. The van der Waals surface area contributed by atoms with E-state index >= 15 is 0 Å². The molecule has 1 heterocycles. The highest BCUT2D eigenvalue weighted by molar-refractivity contribution is 6.35. The molecule has 1 aromatic heterocycles. The van der Waals surface area contributed by atoms with Gasteiger partial charge in [-0.25, -0.2) is 14.4 Å². The molecule has 7 heteroatoms. The van der Waals surface area contributed by atoms with Crippen LogP contribution in [-0.2, 0) is 0 Å². The molecule has 0 saturated heterocycles. The predicted octanol–water partition coefficient (Wildman–Crippen LogP) is 2.99. The predicted molar refractivity (Wildman–Crippen MR) is 72.3 cm³/mol. The summed E-state index contributed by atoms with van der Waals surface area (Å²) in [5.41, 5.74) is 6.04. The fourth-order valence-corrected chi connectivity index (χ4v) is 1.60. The summed E-state index contributed by atoms with van der Waals surface area (Å²) in [5.74, 6) is 0.203. The van der Waals surface area contributed by atoms with Crippen LogP contribution in [0.4, 0.5) is 21.7 Å². The van der Waals surface area contributed by atoms with Gasteiger partial charge in [0.2, 0.25) is 0 Å². The highest BCUT2D eigenvalue weighted by atomic mass is 35.5. The van der Waals surface area contributed by atoms with Crippen LogP contribution >= 0.6 is 11.6 Å². The molecule has 0 bridgehead atoms. The second-order valence-electron chi connectivity index (χ2n) is 3.62. The maximum atomic E-state index is 13.7. The Morgan fingerprint density at radius 1 is 1.42 bits per heavy atom. The van der Waals surface area contributed by atoms with Gasteiger partial charge in [0.15, 0.2) is 17.4 Å². The maximum absolute atomic E-state index is 13.7. The molecule has 0 aliphatic carbocycles. The zero-order valence-corrected chi connectivity index (χ0v) is 10.9. The number of nitrogens with two attached hydrogens (primary N) is 1. The lowest BCUT2D eigenvalue weighted by Gasteiger charge is -2.10. The van der Waals surface area contributed by atoms with Crippen LogP contribution in [0.15, 0.2) is 24.5 Å². The van der Waals surface area contributed by atoms with Gasteiger partial charge in [0.1, 0.15) is 17.2 Å². The molecule has 5 nitrogen and oxygen atoms in total. The summed E-state index contributed by atoms with van der Waals surface area (Å²) in [5, 5.41) is 3.06. The zero-order valence-electron chi connectivity index (χ0n) is 10.2. The van der Waals surface area contributed by atoms with E-state index in [-0.39, 0.29) is 16.6 Å². The van der Waals surface area contributed by atoms with E-state index in [2.05, 4.69) is 15.3 Å². The first-order valence-corrected chi connectivity index (χ1v) is 5.95. The van der Waals surface area contributed by atoms with Crippen molar-refractivity contribution in [3.05, 3.63) is 35.4 Å². The number of rotatable bonds is 4. The molecule has 2 rings (SSSR count). The van der Waals surface area contributed by atoms with Gasteiger partial charge in [-0.2, -0.15) is 0 Å². The summed E-state index contributed by atoms with van der Waals surface area (Å²) in [6.45, 7) is 2.19. The first-order chi connectivity index (χ1) is 9.11. The van der Waals surface area contributed by atoms with Gasteiger partial charge in [-0.1, -0.05) is 11.6 Å². The normalized spacial score (nSPS) is 10.3. The number of benzene rings is 1. The molecule has 1 aromatic carbocycles. The van der Waals surface area contributed by atoms with Gasteiger partial charge in [0.05, 0.1) is 6.61 Å². The highest BCUT2D eigenvalue weighted by Crippen LogP contribution is 2.28. The summed E-state index contributed by atoms with van der Waals surface area (Å²) in [7, 11) is 0. The van der Waals surface area contributed by atoms with E-state index in [0.29, 0.717) is 18.1 Å². The Hall–Kier alpha value is -2.08. The van der Waals surface area contributed by atoms with Gasteiger partial charge < -0.3 is 15.8 Å². The molecule has 0 unspecified atom stereocenters. The van der Waals surface area contributed by atoms with Crippen LogP contribution in [0, 0.1) is 5.82 Å². The van der Waals surface area contributed by atoms with Crippen LogP contribution in [0.3, 0.4) is 0 Å².